The number of amides is 1. The number of nitrogens with two attached hydrogens (primary N) is 1. The van der Waals surface area contributed by atoms with Crippen molar-refractivity contribution in [2.24, 2.45) is 5.84 Å². The van der Waals surface area contributed by atoms with Gasteiger partial charge >= 0.3 is 5.69 Å². The van der Waals surface area contributed by atoms with Crippen molar-refractivity contribution in [2.75, 3.05) is 0 Å². The van der Waals surface area contributed by atoms with E-state index < -0.39 is 21.9 Å². The standard InChI is InChI=1S/C11H9BrN4O4S/c12-7-4-15(5-8(10(7)17)16(19)20)3-6-1-2-9(21-6)11(18)14-13/h1-2,4-5H,3,13H2,(H,14,18). The summed E-state index contributed by atoms with van der Waals surface area (Å²) in [7, 11) is 0. The topological polar surface area (TPSA) is 120 Å². The Morgan fingerprint density at radius 1 is 1.48 bits per heavy atom. The minimum atomic E-state index is -0.731. The predicted octanol–water partition coefficient (Wildman–Crippen LogP) is 1.23. The van der Waals surface area contributed by atoms with Crippen LogP contribution in [-0.4, -0.2) is 15.4 Å². The molecule has 0 saturated carbocycles. The van der Waals surface area contributed by atoms with Crippen LogP contribution in [0.4, 0.5) is 5.69 Å². The van der Waals surface area contributed by atoms with Gasteiger partial charge in [0.25, 0.3) is 11.3 Å². The van der Waals surface area contributed by atoms with E-state index in [0.29, 0.717) is 11.4 Å². The monoisotopic (exact) mass is 372 g/mol. The highest BCUT2D eigenvalue weighted by atomic mass is 79.9. The maximum absolute atomic E-state index is 11.6. The molecule has 0 aromatic carbocycles. The van der Waals surface area contributed by atoms with E-state index in [1.165, 1.54) is 22.1 Å². The highest BCUT2D eigenvalue weighted by Gasteiger charge is 2.16. The van der Waals surface area contributed by atoms with Crippen LogP contribution < -0.4 is 16.7 Å². The average molecular weight is 373 g/mol. The van der Waals surface area contributed by atoms with Crippen LogP contribution in [0.5, 0.6) is 0 Å². The van der Waals surface area contributed by atoms with E-state index in [1.54, 1.807) is 12.1 Å². The summed E-state index contributed by atoms with van der Waals surface area (Å²) < 4.78 is 1.60. The third kappa shape index (κ3) is 3.35. The van der Waals surface area contributed by atoms with Gasteiger partial charge in [-0.25, -0.2) is 5.84 Å². The number of pyridine rings is 1. The van der Waals surface area contributed by atoms with Crippen LogP contribution in [0.1, 0.15) is 14.5 Å². The molecular formula is C11H9BrN4O4S. The first-order valence-electron chi connectivity index (χ1n) is 5.56. The van der Waals surface area contributed by atoms with E-state index in [-0.39, 0.29) is 4.47 Å². The van der Waals surface area contributed by atoms with Gasteiger partial charge in [-0.05, 0) is 28.1 Å². The van der Waals surface area contributed by atoms with E-state index in [9.17, 15) is 19.7 Å². The third-order valence-corrected chi connectivity index (χ3v) is 4.20. The molecular weight excluding hydrogens is 364 g/mol. The normalized spacial score (nSPS) is 10.4. The molecule has 0 bridgehead atoms. The van der Waals surface area contributed by atoms with Gasteiger partial charge < -0.3 is 4.57 Å². The molecule has 0 unspecified atom stereocenters. The van der Waals surface area contributed by atoms with E-state index in [4.69, 9.17) is 5.84 Å². The zero-order valence-electron chi connectivity index (χ0n) is 10.4. The first-order valence-corrected chi connectivity index (χ1v) is 7.17. The Hall–Kier alpha value is -2.04. The number of halogens is 1. The summed E-state index contributed by atoms with van der Waals surface area (Å²) in [6, 6.07) is 3.32. The van der Waals surface area contributed by atoms with Gasteiger partial charge in [-0.3, -0.25) is 25.1 Å². The molecule has 3 N–H and O–H groups in total. The van der Waals surface area contributed by atoms with Crippen molar-refractivity contribution in [1.82, 2.24) is 9.99 Å². The molecule has 0 saturated heterocycles. The summed E-state index contributed by atoms with van der Waals surface area (Å²) in [5.41, 5.74) is 0.837. The number of nitrogen functional groups attached to an aromatic ring is 1. The number of thiophene rings is 1. The van der Waals surface area contributed by atoms with Gasteiger partial charge in [-0.15, -0.1) is 11.3 Å². The Labute approximate surface area is 130 Å². The third-order valence-electron chi connectivity index (χ3n) is 2.57. The Kier molecular flexibility index (Phi) is 4.50. The van der Waals surface area contributed by atoms with E-state index in [0.717, 1.165) is 11.1 Å². The summed E-state index contributed by atoms with van der Waals surface area (Å²) >= 11 is 4.21. The molecule has 21 heavy (non-hydrogen) atoms. The molecule has 0 aliphatic rings. The van der Waals surface area contributed by atoms with Crippen molar-refractivity contribution in [2.45, 2.75) is 6.54 Å². The molecule has 10 heteroatoms. The molecule has 8 nitrogen and oxygen atoms in total. The minimum absolute atomic E-state index is 0.105. The molecule has 2 heterocycles. The lowest BCUT2D eigenvalue weighted by molar-refractivity contribution is -0.386. The summed E-state index contributed by atoms with van der Waals surface area (Å²) in [6.45, 7) is 0.294. The number of hydrogen-bond donors (Lipinski definition) is 2. The quantitative estimate of drug-likeness (QED) is 0.362. The Morgan fingerprint density at radius 2 is 2.19 bits per heavy atom. The molecule has 0 fully saturated rings. The number of nitro groups is 1. The second-order valence-electron chi connectivity index (χ2n) is 3.99. The van der Waals surface area contributed by atoms with Crippen molar-refractivity contribution >= 4 is 38.9 Å². The number of hydrogen-bond acceptors (Lipinski definition) is 6. The van der Waals surface area contributed by atoms with E-state index >= 15 is 0 Å². The summed E-state index contributed by atoms with van der Waals surface area (Å²) in [5, 5.41) is 10.8. The lowest BCUT2D eigenvalue weighted by Crippen LogP contribution is -2.29. The first kappa shape index (κ1) is 15.4. The lowest BCUT2D eigenvalue weighted by atomic mass is 10.3. The summed E-state index contributed by atoms with van der Waals surface area (Å²) in [4.78, 5) is 34.2. The highest BCUT2D eigenvalue weighted by Crippen LogP contribution is 2.19. The van der Waals surface area contributed by atoms with Gasteiger partial charge in [0.05, 0.1) is 27.0 Å². The Balaban J connectivity index is 2.32. The highest BCUT2D eigenvalue weighted by molar-refractivity contribution is 9.10. The van der Waals surface area contributed by atoms with Crippen molar-refractivity contribution in [1.29, 1.82) is 0 Å². The SMILES string of the molecule is NNC(=O)c1ccc(Cn2cc(Br)c(=O)c([N+](=O)[O-])c2)s1. The number of nitrogens with zero attached hydrogens (tertiary/aromatic N) is 2. The zero-order chi connectivity index (χ0) is 15.6. The molecule has 0 spiro atoms. The number of rotatable bonds is 4. The average Bonchev–Trinajstić information content (AvgIpc) is 2.90. The first-order chi connectivity index (χ1) is 9.92. The minimum Gasteiger partial charge on any atom is -0.342 e. The van der Waals surface area contributed by atoms with Crippen LogP contribution in [0.3, 0.4) is 0 Å². The van der Waals surface area contributed by atoms with Crippen molar-refractivity contribution in [3.05, 3.63) is 59.1 Å². The molecule has 0 aliphatic heterocycles. The zero-order valence-corrected chi connectivity index (χ0v) is 12.8. The summed E-state index contributed by atoms with van der Waals surface area (Å²) in [6.07, 6.45) is 2.62. The Bertz CT molecular complexity index is 770. The fourth-order valence-corrected chi connectivity index (χ4v) is 3.02. The fourth-order valence-electron chi connectivity index (χ4n) is 1.64. The maximum atomic E-state index is 11.6. The van der Waals surface area contributed by atoms with Crippen molar-refractivity contribution in [3.63, 3.8) is 0 Å². The number of aromatic nitrogens is 1. The van der Waals surface area contributed by atoms with Crippen LogP contribution >= 0.6 is 27.3 Å². The van der Waals surface area contributed by atoms with Crippen LogP contribution in [0.25, 0.3) is 0 Å². The van der Waals surface area contributed by atoms with Gasteiger partial charge in [0.1, 0.15) is 0 Å². The summed E-state index contributed by atoms with van der Waals surface area (Å²) in [5.74, 6) is 4.64. The Morgan fingerprint density at radius 3 is 2.81 bits per heavy atom. The van der Waals surface area contributed by atoms with Crippen molar-refractivity contribution < 1.29 is 9.72 Å². The van der Waals surface area contributed by atoms with E-state index in [2.05, 4.69) is 15.9 Å². The molecule has 0 radical (unpaired) electrons. The van der Waals surface area contributed by atoms with Crippen LogP contribution in [0, 0.1) is 10.1 Å². The second kappa shape index (κ2) is 6.16. The number of carbonyl (C=O) groups is 1. The molecule has 110 valence electrons. The molecule has 2 rings (SSSR count). The van der Waals surface area contributed by atoms with Crippen molar-refractivity contribution in [3.8, 4) is 0 Å². The fraction of sp³-hybridized carbons (Fsp3) is 0.0909. The van der Waals surface area contributed by atoms with Crippen LogP contribution in [0.15, 0.2) is 33.8 Å². The van der Waals surface area contributed by atoms with E-state index in [1.807, 2.05) is 5.43 Å². The smallest absolute Gasteiger partial charge is 0.333 e. The maximum Gasteiger partial charge on any atom is 0.333 e. The predicted molar refractivity (Wildman–Crippen MR) is 80.1 cm³/mol. The molecule has 2 aromatic rings. The molecule has 1 amide bonds. The lowest BCUT2D eigenvalue weighted by Gasteiger charge is -2.05. The van der Waals surface area contributed by atoms with Gasteiger partial charge in [0, 0.05) is 11.1 Å². The number of nitrogens with one attached hydrogen (secondary N) is 1. The van der Waals surface area contributed by atoms with Crippen LogP contribution in [-0.2, 0) is 6.54 Å². The van der Waals surface area contributed by atoms with Gasteiger partial charge in [0.2, 0.25) is 0 Å². The molecule has 0 aliphatic carbocycles. The largest absolute Gasteiger partial charge is 0.342 e. The van der Waals surface area contributed by atoms with Gasteiger partial charge in [0.15, 0.2) is 0 Å². The molecule has 0 atom stereocenters. The number of carbonyl (C=O) groups excluding carboxylic acids is 1. The number of hydrazine groups is 1. The van der Waals surface area contributed by atoms with Crippen LogP contribution in [0.2, 0.25) is 0 Å². The van der Waals surface area contributed by atoms with Gasteiger partial charge in [-0.2, -0.15) is 0 Å². The van der Waals surface area contributed by atoms with Gasteiger partial charge in [-0.1, -0.05) is 0 Å². The molecule has 2 aromatic heterocycles. The second-order valence-corrected chi connectivity index (χ2v) is 6.01.